The zero-order valence-corrected chi connectivity index (χ0v) is 15.3. The molecule has 0 aromatic rings. The summed E-state index contributed by atoms with van der Waals surface area (Å²) in [6, 6.07) is 0. The minimum Gasteiger partial charge on any atom is -0.469 e. The maximum absolute atomic E-state index is 12.7. The van der Waals surface area contributed by atoms with Gasteiger partial charge < -0.3 is 4.74 Å². The van der Waals surface area contributed by atoms with E-state index >= 15 is 0 Å². The van der Waals surface area contributed by atoms with Crippen molar-refractivity contribution in [1.29, 1.82) is 0 Å². The van der Waals surface area contributed by atoms with Crippen LogP contribution in [0.3, 0.4) is 0 Å². The van der Waals surface area contributed by atoms with Crippen molar-refractivity contribution in [3.63, 3.8) is 0 Å². The zero-order chi connectivity index (χ0) is 16.3. The van der Waals surface area contributed by atoms with Gasteiger partial charge in [-0.25, -0.2) is 0 Å². The Labute approximate surface area is 140 Å². The third kappa shape index (κ3) is 1.39. The molecule has 0 aliphatic heterocycles. The fraction of sp³-hybridized carbons (Fsp3) is 0.952. The van der Waals surface area contributed by atoms with Crippen LogP contribution < -0.4 is 0 Å². The highest BCUT2D eigenvalue weighted by molar-refractivity contribution is 5.77. The monoisotopic (exact) mass is 316 g/mol. The van der Waals surface area contributed by atoms with Crippen LogP contribution in [0.4, 0.5) is 0 Å². The summed E-state index contributed by atoms with van der Waals surface area (Å²) >= 11 is 0. The third-order valence-electron chi connectivity index (χ3n) is 10.2. The summed E-state index contributed by atoms with van der Waals surface area (Å²) in [5.74, 6) is 3.56. The number of rotatable bonds is 1. The maximum Gasteiger partial charge on any atom is 0.311 e. The van der Waals surface area contributed by atoms with Gasteiger partial charge in [0.1, 0.15) is 0 Å². The molecule has 4 bridgehead atoms. The molecular weight excluding hydrogens is 284 g/mol. The smallest absolute Gasteiger partial charge is 0.311 e. The molecule has 128 valence electrons. The van der Waals surface area contributed by atoms with E-state index < -0.39 is 0 Å². The number of esters is 1. The molecule has 0 aromatic carbocycles. The SMILES string of the molecule is COC(=O)C1(C)CCCC2(C)C1CCC1CC3(C)C4CC12CC43. The molecule has 1 spiro atoms. The first-order valence-electron chi connectivity index (χ1n) is 9.90. The van der Waals surface area contributed by atoms with Crippen molar-refractivity contribution < 1.29 is 9.53 Å². The van der Waals surface area contributed by atoms with Gasteiger partial charge in [-0.2, -0.15) is 0 Å². The normalized spacial score (nSPS) is 62.3. The summed E-state index contributed by atoms with van der Waals surface area (Å²) in [7, 11) is 1.58. The number of carbonyl (C=O) groups is 1. The van der Waals surface area contributed by atoms with Gasteiger partial charge in [0.2, 0.25) is 0 Å². The second-order valence-electron chi connectivity index (χ2n) is 10.5. The predicted molar refractivity (Wildman–Crippen MR) is 89.7 cm³/mol. The molecular formula is C21H32O2. The Morgan fingerprint density at radius 3 is 2.35 bits per heavy atom. The van der Waals surface area contributed by atoms with E-state index in [1.165, 1.54) is 44.9 Å². The lowest BCUT2D eigenvalue weighted by Gasteiger charge is -2.67. The third-order valence-corrected chi connectivity index (χ3v) is 10.2. The first kappa shape index (κ1) is 14.8. The van der Waals surface area contributed by atoms with Gasteiger partial charge in [-0.15, -0.1) is 0 Å². The van der Waals surface area contributed by atoms with Crippen LogP contribution in [0.5, 0.6) is 0 Å². The van der Waals surface area contributed by atoms with E-state index in [0.717, 1.165) is 24.2 Å². The van der Waals surface area contributed by atoms with Crippen LogP contribution in [0.2, 0.25) is 0 Å². The Balaban J connectivity index is 1.58. The Morgan fingerprint density at radius 1 is 1.00 bits per heavy atom. The average molecular weight is 316 g/mol. The van der Waals surface area contributed by atoms with Gasteiger partial charge in [0.05, 0.1) is 12.5 Å². The van der Waals surface area contributed by atoms with Gasteiger partial charge in [-0.05, 0) is 91.8 Å². The van der Waals surface area contributed by atoms with E-state index in [1.807, 2.05) is 0 Å². The predicted octanol–water partition coefficient (Wildman–Crippen LogP) is 4.82. The molecule has 0 heterocycles. The molecule has 6 aliphatic carbocycles. The highest BCUT2D eigenvalue weighted by Gasteiger charge is 2.80. The lowest BCUT2D eigenvalue weighted by atomic mass is 9.37. The highest BCUT2D eigenvalue weighted by Crippen LogP contribution is 2.86. The quantitative estimate of drug-likeness (QED) is 0.648. The lowest BCUT2D eigenvalue weighted by molar-refractivity contribution is -0.204. The summed E-state index contributed by atoms with van der Waals surface area (Å²) in [6.45, 7) is 7.37. The Morgan fingerprint density at radius 2 is 1.70 bits per heavy atom. The summed E-state index contributed by atoms with van der Waals surface area (Å²) in [6.07, 6.45) is 10.6. The zero-order valence-electron chi connectivity index (χ0n) is 15.3. The first-order valence-corrected chi connectivity index (χ1v) is 9.90. The van der Waals surface area contributed by atoms with Crippen molar-refractivity contribution in [2.24, 2.45) is 45.3 Å². The largest absolute Gasteiger partial charge is 0.469 e. The topological polar surface area (TPSA) is 26.3 Å². The van der Waals surface area contributed by atoms with Crippen molar-refractivity contribution in [1.82, 2.24) is 0 Å². The molecule has 6 aliphatic rings. The molecule has 2 nitrogen and oxygen atoms in total. The summed E-state index contributed by atoms with van der Waals surface area (Å²) in [4.78, 5) is 12.7. The van der Waals surface area contributed by atoms with E-state index in [4.69, 9.17) is 4.74 Å². The first-order chi connectivity index (χ1) is 10.8. The number of ether oxygens (including phenoxy) is 1. The number of fused-ring (bicyclic) bond motifs is 1. The molecule has 2 heteroatoms. The van der Waals surface area contributed by atoms with Crippen LogP contribution in [-0.4, -0.2) is 13.1 Å². The summed E-state index contributed by atoms with van der Waals surface area (Å²) < 4.78 is 5.28. The van der Waals surface area contributed by atoms with Crippen LogP contribution in [0, 0.1) is 45.3 Å². The van der Waals surface area contributed by atoms with E-state index in [9.17, 15) is 4.79 Å². The molecule has 0 amide bonds. The van der Waals surface area contributed by atoms with Crippen molar-refractivity contribution in [2.45, 2.75) is 72.1 Å². The molecule has 6 unspecified atom stereocenters. The maximum atomic E-state index is 12.7. The molecule has 6 atom stereocenters. The fourth-order valence-electron chi connectivity index (χ4n) is 9.01. The van der Waals surface area contributed by atoms with E-state index in [1.54, 1.807) is 7.11 Å². The lowest BCUT2D eigenvalue weighted by Crippen LogP contribution is -2.62. The Kier molecular flexibility index (Phi) is 2.57. The van der Waals surface area contributed by atoms with Gasteiger partial charge >= 0.3 is 5.97 Å². The molecule has 0 aromatic heterocycles. The van der Waals surface area contributed by atoms with Gasteiger partial charge in [0.25, 0.3) is 0 Å². The van der Waals surface area contributed by atoms with Crippen molar-refractivity contribution in [3.8, 4) is 0 Å². The van der Waals surface area contributed by atoms with Crippen LogP contribution >= 0.6 is 0 Å². The standard InChI is InChI=1S/C21H32O2/c1-18(17(22)23-4)8-5-9-20(3)16(18)7-6-13-10-19(2)14-11-21(13,20)12-15(14)19/h13-16H,5-12H2,1-4H3. The molecule has 0 saturated heterocycles. The minimum absolute atomic E-state index is 0.0621. The second kappa shape index (κ2) is 3.99. The van der Waals surface area contributed by atoms with Gasteiger partial charge in [0.15, 0.2) is 0 Å². The number of methoxy groups -OCH3 is 1. The molecule has 6 rings (SSSR count). The number of hydrogen-bond acceptors (Lipinski definition) is 2. The van der Waals surface area contributed by atoms with Gasteiger partial charge in [-0.1, -0.05) is 20.3 Å². The molecule has 6 saturated carbocycles. The van der Waals surface area contributed by atoms with Crippen molar-refractivity contribution in [3.05, 3.63) is 0 Å². The van der Waals surface area contributed by atoms with Crippen molar-refractivity contribution >= 4 is 5.97 Å². The van der Waals surface area contributed by atoms with E-state index in [0.29, 0.717) is 22.2 Å². The van der Waals surface area contributed by atoms with Gasteiger partial charge in [-0.3, -0.25) is 4.79 Å². The van der Waals surface area contributed by atoms with E-state index in [2.05, 4.69) is 20.8 Å². The van der Waals surface area contributed by atoms with Crippen LogP contribution in [0.1, 0.15) is 72.1 Å². The average Bonchev–Trinajstić information content (AvgIpc) is 2.90. The minimum atomic E-state index is -0.241. The fourth-order valence-corrected chi connectivity index (χ4v) is 9.01. The second-order valence-corrected chi connectivity index (χ2v) is 10.5. The van der Waals surface area contributed by atoms with Crippen LogP contribution in [0.15, 0.2) is 0 Å². The number of carbonyl (C=O) groups excluding carboxylic acids is 1. The summed E-state index contributed by atoms with van der Waals surface area (Å²) in [5, 5.41) is 0. The van der Waals surface area contributed by atoms with Crippen molar-refractivity contribution in [2.75, 3.05) is 7.11 Å². The van der Waals surface area contributed by atoms with Crippen LogP contribution in [-0.2, 0) is 9.53 Å². The molecule has 0 radical (unpaired) electrons. The Bertz CT molecular complexity index is 568. The molecule has 23 heavy (non-hydrogen) atoms. The molecule has 0 N–H and O–H groups in total. The van der Waals surface area contributed by atoms with Gasteiger partial charge in [0, 0.05) is 0 Å². The highest BCUT2D eigenvalue weighted by atomic mass is 16.5. The van der Waals surface area contributed by atoms with Crippen LogP contribution in [0.25, 0.3) is 0 Å². The summed E-state index contributed by atoms with van der Waals surface area (Å²) in [5.41, 5.74) is 1.38. The Hall–Kier alpha value is -0.530. The van der Waals surface area contributed by atoms with E-state index in [-0.39, 0.29) is 11.4 Å². The molecule has 6 fully saturated rings. The number of hydrogen-bond donors (Lipinski definition) is 0.